The molecule has 0 radical (unpaired) electrons. The van der Waals surface area contributed by atoms with Crippen molar-refractivity contribution in [2.75, 3.05) is 21.3 Å². The van der Waals surface area contributed by atoms with Gasteiger partial charge in [0.15, 0.2) is 0 Å². The van der Waals surface area contributed by atoms with Gasteiger partial charge in [-0.3, -0.25) is 29.5 Å². The molecule has 0 aliphatic rings. The van der Waals surface area contributed by atoms with E-state index < -0.39 is 0 Å². The molecule has 9 aromatic rings. The van der Waals surface area contributed by atoms with Crippen molar-refractivity contribution in [3.8, 4) is 23.1 Å². The molecule has 318 valence electrons. The topological polar surface area (TPSA) is 178 Å². The highest BCUT2D eigenvalue weighted by atomic mass is 16.5. The van der Waals surface area contributed by atoms with Crippen LogP contribution >= 0.6 is 0 Å². The van der Waals surface area contributed by atoms with Crippen LogP contribution in [0.25, 0.3) is 10.9 Å². The Labute approximate surface area is 373 Å². The molecule has 2 amide bonds. The number of carbonyl (C=O) groups excluding carboxylic acids is 2. The maximum atomic E-state index is 13.2. The average molecular weight is 857 g/mol. The fraction of sp³-hybridized carbons (Fsp3) is 0.0588. The van der Waals surface area contributed by atoms with Gasteiger partial charge in [-0.15, -0.1) is 0 Å². The second-order valence-corrected chi connectivity index (χ2v) is 14.9. The first kappa shape index (κ1) is 41.3. The van der Waals surface area contributed by atoms with Crippen LogP contribution in [-0.4, -0.2) is 41.7 Å². The Bertz CT molecular complexity index is 3130. The minimum absolute atomic E-state index is 0.232. The molecule has 0 bridgehead atoms. The van der Waals surface area contributed by atoms with Crippen molar-refractivity contribution < 1.29 is 19.1 Å². The number of aryl methyl sites for hydroxylation is 2. The van der Waals surface area contributed by atoms with E-state index in [1.54, 1.807) is 97.6 Å². The molecule has 6 heterocycles. The maximum Gasteiger partial charge on any atom is 0.257 e. The Morgan fingerprint density at radius 1 is 0.554 bits per heavy atom. The van der Waals surface area contributed by atoms with Crippen LogP contribution < -0.4 is 30.7 Å². The molecule has 14 nitrogen and oxygen atoms in total. The molecule has 0 saturated carbocycles. The first-order valence-corrected chi connectivity index (χ1v) is 20.6. The van der Waals surface area contributed by atoms with E-state index in [9.17, 15) is 9.59 Å². The van der Waals surface area contributed by atoms with Crippen molar-refractivity contribution in [2.45, 2.75) is 20.3 Å². The molecular formula is C51H40N10O4. The number of benzene rings is 3. The minimum atomic E-state index is -0.323. The van der Waals surface area contributed by atoms with Gasteiger partial charge in [0.05, 0.1) is 28.7 Å². The Morgan fingerprint density at radius 2 is 1.32 bits per heavy atom. The zero-order valence-corrected chi connectivity index (χ0v) is 35.2. The number of hydrogen-bond donors (Lipinski definition) is 4. The van der Waals surface area contributed by atoms with E-state index >= 15 is 0 Å². The third-order valence-electron chi connectivity index (χ3n) is 10.2. The summed E-state index contributed by atoms with van der Waals surface area (Å²) >= 11 is 0. The largest absolute Gasteiger partial charge is 0.457 e. The van der Waals surface area contributed by atoms with Gasteiger partial charge in [0, 0.05) is 101 Å². The van der Waals surface area contributed by atoms with Crippen molar-refractivity contribution in [1.29, 1.82) is 0 Å². The van der Waals surface area contributed by atoms with Crippen LogP contribution in [-0.2, 0) is 6.42 Å². The summed E-state index contributed by atoms with van der Waals surface area (Å²) in [5.41, 5.74) is 9.09. The van der Waals surface area contributed by atoms with E-state index in [-0.39, 0.29) is 11.8 Å². The number of nitrogens with one attached hydrogen (secondary N) is 4. The second kappa shape index (κ2) is 18.9. The average Bonchev–Trinajstić information content (AvgIpc) is 3.32. The lowest BCUT2D eigenvalue weighted by Crippen LogP contribution is -2.12. The maximum absolute atomic E-state index is 13.2. The van der Waals surface area contributed by atoms with Crippen molar-refractivity contribution >= 4 is 57.0 Å². The van der Waals surface area contributed by atoms with Crippen LogP contribution in [0.15, 0.2) is 171 Å². The predicted molar refractivity (Wildman–Crippen MR) is 251 cm³/mol. The highest BCUT2D eigenvalue weighted by molar-refractivity contribution is 6.05. The molecule has 0 unspecified atom stereocenters. The normalized spacial score (nSPS) is 10.8. The lowest BCUT2D eigenvalue weighted by Gasteiger charge is -2.13. The number of nitrogens with zero attached hydrogens (tertiary/aromatic N) is 6. The molecule has 65 heavy (non-hydrogen) atoms. The van der Waals surface area contributed by atoms with Crippen LogP contribution in [0, 0.1) is 13.8 Å². The van der Waals surface area contributed by atoms with Gasteiger partial charge in [-0.25, -0.2) is 9.97 Å². The van der Waals surface area contributed by atoms with Crippen LogP contribution in [0.3, 0.4) is 0 Å². The molecule has 0 fully saturated rings. The number of aromatic nitrogens is 6. The van der Waals surface area contributed by atoms with Crippen molar-refractivity contribution in [3.63, 3.8) is 0 Å². The molecule has 0 aliphatic carbocycles. The van der Waals surface area contributed by atoms with Gasteiger partial charge >= 0.3 is 0 Å². The van der Waals surface area contributed by atoms with E-state index in [1.807, 2.05) is 74.6 Å². The molecule has 0 aliphatic heterocycles. The number of para-hydroxylation sites is 1. The Morgan fingerprint density at radius 3 is 2.12 bits per heavy atom. The number of fused-ring (bicyclic) bond motifs is 1. The molecule has 4 N–H and O–H groups in total. The van der Waals surface area contributed by atoms with E-state index in [1.165, 1.54) is 12.4 Å². The van der Waals surface area contributed by atoms with E-state index in [0.29, 0.717) is 57.9 Å². The number of ether oxygens (including phenoxy) is 2. The lowest BCUT2D eigenvalue weighted by atomic mass is 10.1. The summed E-state index contributed by atoms with van der Waals surface area (Å²) in [7, 11) is 0. The quantitative estimate of drug-likeness (QED) is 0.0815. The van der Waals surface area contributed by atoms with Gasteiger partial charge in [-0.2, -0.15) is 0 Å². The first-order valence-electron chi connectivity index (χ1n) is 20.6. The standard InChI is InChI=1S/C51H40N10O4/c1-32-28-55-45-6-4-3-5-44(45)49(32)59-37-10-7-34(8-11-37)50(62)60-38-12-15-42(16-13-38)64-46-21-22-52-29-36(46)26-41-27-43(20-24-54-41)65-48-18-14-40(31-57-48)61-51(63)35-9-17-47(56-30-35)58-39-19-23-53-33(2)25-39/h3-25,27-31H,26H2,1-2H3,(H,55,59)(H,60,62)(H,61,63)(H,53,56,58). The first-order chi connectivity index (χ1) is 31.8. The summed E-state index contributed by atoms with van der Waals surface area (Å²) in [6.07, 6.45) is 12.1. The number of amides is 2. The van der Waals surface area contributed by atoms with Crippen LogP contribution in [0.5, 0.6) is 23.1 Å². The van der Waals surface area contributed by atoms with Crippen LogP contribution in [0.1, 0.15) is 43.2 Å². The summed E-state index contributed by atoms with van der Waals surface area (Å²) in [5, 5.41) is 13.5. The van der Waals surface area contributed by atoms with Gasteiger partial charge in [-0.1, -0.05) is 18.2 Å². The second-order valence-electron chi connectivity index (χ2n) is 14.9. The highest BCUT2D eigenvalue weighted by Crippen LogP contribution is 2.31. The monoisotopic (exact) mass is 856 g/mol. The van der Waals surface area contributed by atoms with Gasteiger partial charge in [0.1, 0.15) is 23.1 Å². The molecule has 6 aromatic heterocycles. The fourth-order valence-corrected chi connectivity index (χ4v) is 6.86. The number of hydrogen-bond acceptors (Lipinski definition) is 12. The molecule has 14 heteroatoms. The number of pyridine rings is 6. The van der Waals surface area contributed by atoms with Crippen molar-refractivity contribution in [1.82, 2.24) is 29.9 Å². The molecule has 0 spiro atoms. The predicted octanol–water partition coefficient (Wildman–Crippen LogP) is 11.0. The van der Waals surface area contributed by atoms with E-state index in [4.69, 9.17) is 9.47 Å². The van der Waals surface area contributed by atoms with Gasteiger partial charge in [0.2, 0.25) is 5.88 Å². The van der Waals surface area contributed by atoms with Gasteiger partial charge in [-0.05, 0) is 116 Å². The highest BCUT2D eigenvalue weighted by Gasteiger charge is 2.13. The molecule has 0 atom stereocenters. The zero-order chi connectivity index (χ0) is 44.5. The number of rotatable bonds is 14. The Hall–Kier alpha value is -9.04. The molecule has 3 aromatic carbocycles. The number of anilines is 6. The lowest BCUT2D eigenvalue weighted by molar-refractivity contribution is 0.101. The van der Waals surface area contributed by atoms with Crippen molar-refractivity contribution in [2.24, 2.45) is 0 Å². The summed E-state index contributed by atoms with van der Waals surface area (Å²) in [4.78, 5) is 52.4. The van der Waals surface area contributed by atoms with Gasteiger partial charge in [0.25, 0.3) is 11.8 Å². The van der Waals surface area contributed by atoms with Crippen molar-refractivity contribution in [3.05, 3.63) is 204 Å². The molecule has 9 rings (SSSR count). The third-order valence-corrected chi connectivity index (χ3v) is 10.2. The summed E-state index contributed by atoms with van der Waals surface area (Å²) in [6.45, 7) is 3.93. The Balaban J connectivity index is 0.771. The number of carbonyl (C=O) groups is 2. The minimum Gasteiger partial charge on any atom is -0.457 e. The summed E-state index contributed by atoms with van der Waals surface area (Å²) < 4.78 is 12.3. The van der Waals surface area contributed by atoms with Gasteiger partial charge < -0.3 is 30.7 Å². The third kappa shape index (κ3) is 10.4. The zero-order valence-electron chi connectivity index (χ0n) is 35.2. The molecular weight excluding hydrogens is 817 g/mol. The van der Waals surface area contributed by atoms with Crippen LogP contribution in [0.4, 0.5) is 34.3 Å². The van der Waals surface area contributed by atoms with E-state index in [0.717, 1.165) is 50.5 Å². The SMILES string of the molecule is Cc1cc(Nc2ccc(C(=O)Nc3ccc(Oc4ccnc(Cc5cnccc5Oc5ccc(NC(=O)c6ccc(Nc7c(C)cnc8ccccc78)cc6)cc5)c4)nc3)cn2)ccn1. The van der Waals surface area contributed by atoms with Crippen LogP contribution in [0.2, 0.25) is 0 Å². The fourth-order valence-electron chi connectivity index (χ4n) is 6.86. The molecule has 0 saturated heterocycles. The smallest absolute Gasteiger partial charge is 0.257 e. The van der Waals surface area contributed by atoms with E-state index in [2.05, 4.69) is 51.2 Å². The Kier molecular flexibility index (Phi) is 12.0. The summed E-state index contributed by atoms with van der Waals surface area (Å²) in [5.74, 6) is 2.11. The summed E-state index contributed by atoms with van der Waals surface area (Å²) in [6, 6.07) is 38.4.